The molecule has 0 aliphatic heterocycles. The van der Waals surface area contributed by atoms with E-state index in [9.17, 15) is 9.59 Å². The fourth-order valence-electron chi connectivity index (χ4n) is 2.25. The molecule has 0 aliphatic carbocycles. The Balaban J connectivity index is 2.36. The topological polar surface area (TPSA) is 53.2 Å². The smallest absolute Gasteiger partial charge is 0.295 e. The van der Waals surface area contributed by atoms with Crippen molar-refractivity contribution in [3.05, 3.63) is 36.0 Å². The molecule has 1 aromatic heterocycles. The summed E-state index contributed by atoms with van der Waals surface area (Å²) in [7, 11) is 0. The number of rotatable bonds is 4. The zero-order chi connectivity index (χ0) is 14.0. The minimum Gasteiger partial charge on any atom is -0.360 e. The number of nitrogens with one attached hydrogen (secondary N) is 1. The molecule has 19 heavy (non-hydrogen) atoms. The van der Waals surface area contributed by atoms with Crippen LogP contribution in [0.5, 0.6) is 0 Å². The highest BCUT2D eigenvalue weighted by molar-refractivity contribution is 6.44. The van der Waals surface area contributed by atoms with E-state index in [4.69, 9.17) is 0 Å². The molecule has 1 heterocycles. The summed E-state index contributed by atoms with van der Waals surface area (Å²) in [4.78, 5) is 29.1. The van der Waals surface area contributed by atoms with E-state index in [0.717, 1.165) is 10.9 Å². The molecule has 1 amide bonds. The SMILES string of the molecule is CCN(C(=O)C(=O)c1c[nH]c2ccccc12)C(C)C. The van der Waals surface area contributed by atoms with Gasteiger partial charge < -0.3 is 9.88 Å². The quantitative estimate of drug-likeness (QED) is 0.677. The van der Waals surface area contributed by atoms with E-state index in [-0.39, 0.29) is 6.04 Å². The highest BCUT2D eigenvalue weighted by atomic mass is 16.2. The first kappa shape index (κ1) is 13.3. The fourth-order valence-corrected chi connectivity index (χ4v) is 2.25. The summed E-state index contributed by atoms with van der Waals surface area (Å²) in [5.41, 5.74) is 1.31. The molecule has 2 aromatic rings. The molecular formula is C15H18N2O2. The minimum absolute atomic E-state index is 0.0201. The molecule has 0 saturated carbocycles. The second-order valence-electron chi connectivity index (χ2n) is 4.76. The number of aromatic nitrogens is 1. The van der Waals surface area contributed by atoms with E-state index in [2.05, 4.69) is 4.98 Å². The van der Waals surface area contributed by atoms with Gasteiger partial charge in [0.05, 0.1) is 5.56 Å². The lowest BCUT2D eigenvalue weighted by molar-refractivity contribution is -0.127. The molecule has 1 aromatic carbocycles. The standard InChI is InChI=1S/C15H18N2O2/c1-4-17(10(2)3)15(19)14(18)12-9-16-13-8-6-5-7-11(12)13/h5-10,16H,4H2,1-3H3. The van der Waals surface area contributed by atoms with Crippen molar-refractivity contribution in [3.63, 3.8) is 0 Å². The number of carbonyl (C=O) groups is 2. The minimum atomic E-state index is -0.451. The number of likely N-dealkylation sites (N-methyl/N-ethyl adjacent to an activating group) is 1. The zero-order valence-electron chi connectivity index (χ0n) is 11.4. The number of aromatic amines is 1. The number of hydrogen-bond donors (Lipinski definition) is 1. The van der Waals surface area contributed by atoms with E-state index in [1.807, 2.05) is 45.0 Å². The monoisotopic (exact) mass is 258 g/mol. The Labute approximate surface area is 112 Å². The van der Waals surface area contributed by atoms with Gasteiger partial charge >= 0.3 is 0 Å². The van der Waals surface area contributed by atoms with Gasteiger partial charge in [-0.05, 0) is 26.8 Å². The van der Waals surface area contributed by atoms with Crippen LogP contribution < -0.4 is 0 Å². The van der Waals surface area contributed by atoms with Gasteiger partial charge in [-0.15, -0.1) is 0 Å². The molecule has 0 radical (unpaired) electrons. The first-order valence-electron chi connectivity index (χ1n) is 6.47. The van der Waals surface area contributed by atoms with Crippen LogP contribution in [0, 0.1) is 0 Å². The number of para-hydroxylation sites is 1. The van der Waals surface area contributed by atoms with Crippen molar-refractivity contribution < 1.29 is 9.59 Å². The maximum Gasteiger partial charge on any atom is 0.295 e. The van der Waals surface area contributed by atoms with Crippen LogP contribution in [0.3, 0.4) is 0 Å². The summed E-state index contributed by atoms with van der Waals surface area (Å²) in [6, 6.07) is 7.50. The molecule has 0 atom stereocenters. The van der Waals surface area contributed by atoms with Crippen molar-refractivity contribution in [2.24, 2.45) is 0 Å². The second kappa shape index (κ2) is 5.26. The molecule has 0 bridgehead atoms. The molecule has 0 unspecified atom stereocenters. The molecule has 0 aliphatic rings. The summed E-state index contributed by atoms with van der Waals surface area (Å²) < 4.78 is 0. The van der Waals surface area contributed by atoms with E-state index < -0.39 is 11.7 Å². The lowest BCUT2D eigenvalue weighted by Gasteiger charge is -2.24. The molecule has 0 saturated heterocycles. The van der Waals surface area contributed by atoms with Crippen LogP contribution in [-0.4, -0.2) is 34.2 Å². The van der Waals surface area contributed by atoms with Crippen molar-refractivity contribution in [3.8, 4) is 0 Å². The van der Waals surface area contributed by atoms with E-state index in [0.29, 0.717) is 12.1 Å². The number of carbonyl (C=O) groups excluding carboxylic acids is 2. The Morgan fingerprint density at radius 2 is 1.95 bits per heavy atom. The number of amides is 1. The Morgan fingerprint density at radius 3 is 2.58 bits per heavy atom. The van der Waals surface area contributed by atoms with E-state index in [1.165, 1.54) is 0 Å². The van der Waals surface area contributed by atoms with Gasteiger partial charge in [-0.1, -0.05) is 18.2 Å². The number of fused-ring (bicyclic) bond motifs is 1. The van der Waals surface area contributed by atoms with Gasteiger partial charge in [-0.2, -0.15) is 0 Å². The number of Topliss-reactive ketones (excluding diaryl/α,β-unsaturated/α-hetero) is 1. The first-order valence-corrected chi connectivity index (χ1v) is 6.47. The van der Waals surface area contributed by atoms with Gasteiger partial charge in [0.1, 0.15) is 0 Å². The largest absolute Gasteiger partial charge is 0.360 e. The van der Waals surface area contributed by atoms with Crippen LogP contribution in [0.2, 0.25) is 0 Å². The number of hydrogen-bond acceptors (Lipinski definition) is 2. The van der Waals surface area contributed by atoms with Gasteiger partial charge in [0.25, 0.3) is 11.7 Å². The molecule has 1 N–H and O–H groups in total. The van der Waals surface area contributed by atoms with Crippen molar-refractivity contribution in [2.75, 3.05) is 6.54 Å². The van der Waals surface area contributed by atoms with Crippen LogP contribution in [0.15, 0.2) is 30.5 Å². The third kappa shape index (κ3) is 2.38. The maximum atomic E-state index is 12.3. The lowest BCUT2D eigenvalue weighted by atomic mass is 10.1. The number of nitrogens with zero attached hydrogens (tertiary/aromatic N) is 1. The van der Waals surface area contributed by atoms with Crippen molar-refractivity contribution in [2.45, 2.75) is 26.8 Å². The molecular weight excluding hydrogens is 240 g/mol. The highest BCUT2D eigenvalue weighted by Gasteiger charge is 2.25. The van der Waals surface area contributed by atoms with Crippen LogP contribution in [0.25, 0.3) is 10.9 Å². The number of H-pyrrole nitrogens is 1. The third-order valence-electron chi connectivity index (χ3n) is 3.25. The van der Waals surface area contributed by atoms with Gasteiger partial charge in [-0.25, -0.2) is 0 Å². The highest BCUT2D eigenvalue weighted by Crippen LogP contribution is 2.19. The lowest BCUT2D eigenvalue weighted by Crippen LogP contribution is -2.41. The maximum absolute atomic E-state index is 12.3. The average molecular weight is 258 g/mol. The molecule has 4 heteroatoms. The van der Waals surface area contributed by atoms with Gasteiger partial charge in [0.2, 0.25) is 0 Å². The zero-order valence-corrected chi connectivity index (χ0v) is 11.4. The second-order valence-corrected chi connectivity index (χ2v) is 4.76. The van der Waals surface area contributed by atoms with Crippen molar-refractivity contribution >= 4 is 22.6 Å². The average Bonchev–Trinajstić information content (AvgIpc) is 2.82. The predicted octanol–water partition coefficient (Wildman–Crippen LogP) is 2.61. The van der Waals surface area contributed by atoms with Gasteiger partial charge in [0, 0.05) is 29.7 Å². The Bertz CT molecular complexity index is 613. The van der Waals surface area contributed by atoms with Gasteiger partial charge in [-0.3, -0.25) is 9.59 Å². The Kier molecular flexibility index (Phi) is 3.69. The summed E-state index contributed by atoms with van der Waals surface area (Å²) in [6.45, 7) is 6.22. The molecule has 0 spiro atoms. The summed E-state index contributed by atoms with van der Waals surface area (Å²) in [6.07, 6.45) is 1.61. The molecule has 0 fully saturated rings. The summed E-state index contributed by atoms with van der Waals surface area (Å²) >= 11 is 0. The van der Waals surface area contributed by atoms with E-state index >= 15 is 0 Å². The van der Waals surface area contributed by atoms with Gasteiger partial charge in [0.15, 0.2) is 0 Å². The summed E-state index contributed by atoms with van der Waals surface area (Å²) in [5.74, 6) is -0.893. The number of ketones is 1. The van der Waals surface area contributed by atoms with E-state index in [1.54, 1.807) is 11.1 Å². The van der Waals surface area contributed by atoms with Crippen LogP contribution in [-0.2, 0) is 4.79 Å². The van der Waals surface area contributed by atoms with Crippen LogP contribution in [0.4, 0.5) is 0 Å². The number of benzene rings is 1. The van der Waals surface area contributed by atoms with Crippen LogP contribution in [0.1, 0.15) is 31.1 Å². The molecule has 4 nitrogen and oxygen atoms in total. The first-order chi connectivity index (χ1) is 9.06. The normalized spacial score (nSPS) is 10.9. The predicted molar refractivity (Wildman–Crippen MR) is 75.2 cm³/mol. The van der Waals surface area contributed by atoms with Crippen LogP contribution >= 0.6 is 0 Å². The Morgan fingerprint density at radius 1 is 1.26 bits per heavy atom. The fraction of sp³-hybridized carbons (Fsp3) is 0.333. The summed E-state index contributed by atoms with van der Waals surface area (Å²) in [5, 5.41) is 0.792. The van der Waals surface area contributed by atoms with Crippen molar-refractivity contribution in [1.29, 1.82) is 0 Å². The van der Waals surface area contributed by atoms with Crippen molar-refractivity contribution in [1.82, 2.24) is 9.88 Å². The molecule has 2 rings (SSSR count). The Hall–Kier alpha value is -2.10. The third-order valence-corrected chi connectivity index (χ3v) is 3.25. The molecule has 100 valence electrons.